The van der Waals surface area contributed by atoms with Gasteiger partial charge in [0, 0.05) is 11.8 Å². The molecular weight excluding hydrogens is 232 g/mol. The molecule has 0 bridgehead atoms. The summed E-state index contributed by atoms with van der Waals surface area (Å²) in [5, 5.41) is 13.4. The van der Waals surface area contributed by atoms with Gasteiger partial charge in [-0.1, -0.05) is 18.2 Å². The predicted molar refractivity (Wildman–Crippen MR) is 72.6 cm³/mol. The Kier molecular flexibility index (Phi) is 4.15. The van der Waals surface area contributed by atoms with Crippen molar-refractivity contribution in [3.63, 3.8) is 0 Å². The molecule has 0 saturated heterocycles. The van der Waals surface area contributed by atoms with E-state index in [2.05, 4.69) is 17.5 Å². The molecule has 3 heteroatoms. The van der Waals surface area contributed by atoms with Gasteiger partial charge in [0.05, 0.1) is 12.2 Å². The fourth-order valence-corrected chi connectivity index (χ4v) is 2.98. The summed E-state index contributed by atoms with van der Waals surface area (Å²) in [4.78, 5) is 0. The van der Waals surface area contributed by atoms with E-state index >= 15 is 0 Å². The molecule has 0 fully saturated rings. The van der Waals surface area contributed by atoms with Gasteiger partial charge in [0.2, 0.25) is 0 Å². The fourth-order valence-electron chi connectivity index (χ4n) is 2.01. The zero-order valence-corrected chi connectivity index (χ0v) is 11.0. The largest absolute Gasteiger partial charge is 0.393 e. The van der Waals surface area contributed by atoms with E-state index in [1.54, 1.807) is 18.4 Å². The summed E-state index contributed by atoms with van der Waals surface area (Å²) in [7, 11) is 1.68. The molecule has 0 aliphatic heterocycles. The van der Waals surface area contributed by atoms with Gasteiger partial charge in [-0.25, -0.2) is 0 Å². The van der Waals surface area contributed by atoms with Crippen molar-refractivity contribution in [2.45, 2.75) is 32.0 Å². The maximum absolute atomic E-state index is 10.0. The standard InChI is InChI=1S/C14H18O2S/c1-10(16-2)7-12(15)8-11-9-17-14-6-4-3-5-13(11)14/h3-6,9-10,12,15H,7-8H2,1-2H3. The van der Waals surface area contributed by atoms with E-state index in [9.17, 15) is 5.11 Å². The Morgan fingerprint density at radius 1 is 1.35 bits per heavy atom. The number of fused-ring (bicyclic) bond motifs is 1. The van der Waals surface area contributed by atoms with E-state index in [0.717, 1.165) is 0 Å². The van der Waals surface area contributed by atoms with Crippen LogP contribution in [0.25, 0.3) is 10.1 Å². The van der Waals surface area contributed by atoms with Crippen molar-refractivity contribution in [3.05, 3.63) is 35.2 Å². The number of benzene rings is 1. The highest BCUT2D eigenvalue weighted by molar-refractivity contribution is 7.17. The van der Waals surface area contributed by atoms with Crippen LogP contribution in [0, 0.1) is 0 Å². The summed E-state index contributed by atoms with van der Waals surface area (Å²) in [6.45, 7) is 1.98. The average molecular weight is 250 g/mol. The van der Waals surface area contributed by atoms with Crippen LogP contribution in [0.4, 0.5) is 0 Å². The number of methoxy groups -OCH3 is 1. The van der Waals surface area contributed by atoms with E-state index in [1.807, 2.05) is 19.1 Å². The molecule has 1 heterocycles. The summed E-state index contributed by atoms with van der Waals surface area (Å²) in [5.74, 6) is 0. The number of rotatable bonds is 5. The highest BCUT2D eigenvalue weighted by atomic mass is 32.1. The number of aliphatic hydroxyl groups excluding tert-OH is 1. The normalized spacial score (nSPS) is 15.0. The fraction of sp³-hybridized carbons (Fsp3) is 0.429. The van der Waals surface area contributed by atoms with Crippen LogP contribution in [-0.4, -0.2) is 24.4 Å². The number of ether oxygens (including phenoxy) is 1. The Hall–Kier alpha value is -0.900. The topological polar surface area (TPSA) is 29.5 Å². The summed E-state index contributed by atoms with van der Waals surface area (Å²) in [5.41, 5.74) is 1.24. The minimum absolute atomic E-state index is 0.106. The molecular formula is C14H18O2S. The minimum atomic E-state index is -0.331. The van der Waals surface area contributed by atoms with E-state index in [-0.39, 0.29) is 12.2 Å². The van der Waals surface area contributed by atoms with Crippen LogP contribution in [0.1, 0.15) is 18.9 Å². The lowest BCUT2D eigenvalue weighted by molar-refractivity contribution is 0.0567. The average Bonchev–Trinajstić information content (AvgIpc) is 2.72. The van der Waals surface area contributed by atoms with Gasteiger partial charge in [0.25, 0.3) is 0 Å². The maximum atomic E-state index is 10.0. The molecule has 1 aromatic heterocycles. The van der Waals surface area contributed by atoms with Gasteiger partial charge in [-0.05, 0) is 42.2 Å². The van der Waals surface area contributed by atoms with E-state index in [4.69, 9.17) is 4.74 Å². The predicted octanol–water partition coefficient (Wildman–Crippen LogP) is 3.23. The SMILES string of the molecule is COC(C)CC(O)Cc1csc2ccccc12. The first-order valence-electron chi connectivity index (χ1n) is 5.86. The quantitative estimate of drug-likeness (QED) is 0.883. The molecule has 2 unspecified atom stereocenters. The summed E-state index contributed by atoms with van der Waals surface area (Å²) in [6, 6.07) is 8.33. The summed E-state index contributed by atoms with van der Waals surface area (Å²) < 4.78 is 6.46. The number of hydrogen-bond donors (Lipinski definition) is 1. The Morgan fingerprint density at radius 3 is 2.88 bits per heavy atom. The van der Waals surface area contributed by atoms with Crippen molar-refractivity contribution in [3.8, 4) is 0 Å². The lowest BCUT2D eigenvalue weighted by atomic mass is 10.0. The van der Waals surface area contributed by atoms with E-state index in [0.29, 0.717) is 12.8 Å². The number of hydrogen-bond acceptors (Lipinski definition) is 3. The van der Waals surface area contributed by atoms with Crippen molar-refractivity contribution in [1.29, 1.82) is 0 Å². The molecule has 0 amide bonds. The van der Waals surface area contributed by atoms with E-state index < -0.39 is 0 Å². The Labute approximate surface area is 106 Å². The van der Waals surface area contributed by atoms with Crippen molar-refractivity contribution in [2.75, 3.05) is 7.11 Å². The monoisotopic (exact) mass is 250 g/mol. The van der Waals surface area contributed by atoms with Gasteiger partial charge in [-0.15, -0.1) is 11.3 Å². The second-order valence-electron chi connectivity index (χ2n) is 4.40. The molecule has 0 saturated carbocycles. The molecule has 92 valence electrons. The van der Waals surface area contributed by atoms with E-state index in [1.165, 1.54) is 15.6 Å². The van der Waals surface area contributed by atoms with Crippen LogP contribution in [0.5, 0.6) is 0 Å². The molecule has 0 aliphatic carbocycles. The molecule has 1 aromatic carbocycles. The van der Waals surface area contributed by atoms with Crippen molar-refractivity contribution in [1.82, 2.24) is 0 Å². The van der Waals surface area contributed by atoms with Crippen molar-refractivity contribution < 1.29 is 9.84 Å². The molecule has 17 heavy (non-hydrogen) atoms. The highest BCUT2D eigenvalue weighted by Gasteiger charge is 2.12. The molecule has 2 rings (SSSR count). The Balaban J connectivity index is 2.08. The molecule has 1 N–H and O–H groups in total. The van der Waals surface area contributed by atoms with Gasteiger partial charge in [0.1, 0.15) is 0 Å². The van der Waals surface area contributed by atoms with Gasteiger partial charge in [-0.3, -0.25) is 0 Å². The third kappa shape index (κ3) is 3.06. The maximum Gasteiger partial charge on any atom is 0.0605 e. The molecule has 2 aromatic rings. The first-order valence-corrected chi connectivity index (χ1v) is 6.74. The zero-order valence-electron chi connectivity index (χ0n) is 10.2. The molecule has 0 aliphatic rings. The number of aliphatic hydroxyl groups is 1. The van der Waals surface area contributed by atoms with Crippen LogP contribution in [0.15, 0.2) is 29.6 Å². The van der Waals surface area contributed by atoms with Crippen LogP contribution in [0.2, 0.25) is 0 Å². The molecule has 2 atom stereocenters. The smallest absolute Gasteiger partial charge is 0.0605 e. The molecule has 0 radical (unpaired) electrons. The summed E-state index contributed by atoms with van der Waals surface area (Å²) in [6.07, 6.45) is 1.16. The molecule has 2 nitrogen and oxygen atoms in total. The minimum Gasteiger partial charge on any atom is -0.393 e. The van der Waals surface area contributed by atoms with Crippen LogP contribution in [0.3, 0.4) is 0 Å². The van der Waals surface area contributed by atoms with Gasteiger partial charge in [-0.2, -0.15) is 0 Å². The second-order valence-corrected chi connectivity index (χ2v) is 5.31. The first-order chi connectivity index (χ1) is 8.20. The zero-order chi connectivity index (χ0) is 12.3. The highest BCUT2D eigenvalue weighted by Crippen LogP contribution is 2.27. The second kappa shape index (κ2) is 5.63. The van der Waals surface area contributed by atoms with Crippen molar-refractivity contribution in [2.24, 2.45) is 0 Å². The Morgan fingerprint density at radius 2 is 2.12 bits per heavy atom. The summed E-state index contributed by atoms with van der Waals surface area (Å²) >= 11 is 1.74. The van der Waals surface area contributed by atoms with Crippen molar-refractivity contribution >= 4 is 21.4 Å². The molecule has 0 spiro atoms. The third-order valence-electron chi connectivity index (χ3n) is 3.02. The van der Waals surface area contributed by atoms with Gasteiger partial charge in [0.15, 0.2) is 0 Å². The first kappa shape index (κ1) is 12.6. The number of thiophene rings is 1. The lowest BCUT2D eigenvalue weighted by Gasteiger charge is -2.14. The third-order valence-corrected chi connectivity index (χ3v) is 4.04. The van der Waals surface area contributed by atoms with Crippen LogP contribution in [-0.2, 0) is 11.2 Å². The Bertz CT molecular complexity index is 478. The van der Waals surface area contributed by atoms with Gasteiger partial charge < -0.3 is 9.84 Å². The van der Waals surface area contributed by atoms with Crippen LogP contribution >= 0.6 is 11.3 Å². The van der Waals surface area contributed by atoms with Gasteiger partial charge >= 0.3 is 0 Å². The lowest BCUT2D eigenvalue weighted by Crippen LogP contribution is -2.18. The van der Waals surface area contributed by atoms with Crippen LogP contribution < -0.4 is 0 Å².